The lowest BCUT2D eigenvalue weighted by atomic mass is 9.93. The molecule has 0 spiro atoms. The minimum atomic E-state index is -0.284. The van der Waals surface area contributed by atoms with Gasteiger partial charge >= 0.3 is 0 Å². The van der Waals surface area contributed by atoms with Crippen molar-refractivity contribution < 1.29 is 13.9 Å². The van der Waals surface area contributed by atoms with Gasteiger partial charge in [0.1, 0.15) is 12.1 Å². The number of nitrogens with zero attached hydrogens (tertiary/aromatic N) is 3. The molecule has 1 aliphatic rings. The highest BCUT2D eigenvalue weighted by Gasteiger charge is 2.16. The SMILES string of the molecule is C=C1C=C(C=O)C=CN1/C=C(\CC)c1ccc(F)cc1-c1cn(C)nc1C.COC. The third-order valence-electron chi connectivity index (χ3n) is 4.54. The standard InChI is InChI=1S/C22H22FN3O.C2H6O/c1-5-18(12-26-9-8-17(14-27)10-15(26)2)20-7-6-19(23)11-21(20)22-13-25(4)24-16(22)3;1-3-2/h6-14H,2,5H2,1,3-4H3;1-2H3/b18-12+;. The lowest BCUT2D eigenvalue weighted by molar-refractivity contribution is -0.104. The van der Waals surface area contributed by atoms with Crippen LogP contribution in [0.5, 0.6) is 0 Å². The van der Waals surface area contributed by atoms with Gasteiger partial charge in [0.2, 0.25) is 0 Å². The average Bonchev–Trinajstić information content (AvgIpc) is 3.05. The zero-order valence-electron chi connectivity index (χ0n) is 18.1. The summed E-state index contributed by atoms with van der Waals surface area (Å²) in [6, 6.07) is 4.82. The lowest BCUT2D eigenvalue weighted by Crippen LogP contribution is -2.11. The van der Waals surface area contributed by atoms with Crippen molar-refractivity contribution in [3.05, 3.63) is 83.9 Å². The second-order valence-electron chi connectivity index (χ2n) is 6.88. The molecule has 2 heterocycles. The Morgan fingerprint density at radius 1 is 1.30 bits per heavy atom. The number of hydrogen-bond donors (Lipinski definition) is 0. The van der Waals surface area contributed by atoms with E-state index >= 15 is 0 Å². The number of ether oxygens (including phenoxy) is 1. The third-order valence-corrected chi connectivity index (χ3v) is 4.54. The molecule has 0 fully saturated rings. The topological polar surface area (TPSA) is 47.4 Å². The highest BCUT2D eigenvalue weighted by atomic mass is 19.1. The predicted octanol–water partition coefficient (Wildman–Crippen LogP) is 5.02. The largest absolute Gasteiger partial charge is 0.388 e. The molecule has 3 rings (SSSR count). The second kappa shape index (κ2) is 10.5. The highest BCUT2D eigenvalue weighted by Crippen LogP contribution is 2.33. The maximum absolute atomic E-state index is 14.0. The lowest BCUT2D eigenvalue weighted by Gasteiger charge is -2.22. The molecular formula is C24H28FN3O2. The van der Waals surface area contributed by atoms with E-state index in [1.165, 1.54) is 6.07 Å². The number of benzene rings is 1. The molecule has 0 N–H and O–H groups in total. The van der Waals surface area contributed by atoms with E-state index in [-0.39, 0.29) is 5.82 Å². The van der Waals surface area contributed by atoms with Crippen LogP contribution in [0.15, 0.2) is 66.8 Å². The average molecular weight is 410 g/mol. The number of aromatic nitrogens is 2. The van der Waals surface area contributed by atoms with Gasteiger partial charge in [-0.3, -0.25) is 9.48 Å². The van der Waals surface area contributed by atoms with E-state index in [1.807, 2.05) is 31.3 Å². The van der Waals surface area contributed by atoms with Crippen LogP contribution >= 0.6 is 0 Å². The molecular weight excluding hydrogens is 381 g/mol. The molecule has 5 nitrogen and oxygen atoms in total. The fourth-order valence-electron chi connectivity index (χ4n) is 3.18. The third kappa shape index (κ3) is 5.42. The summed E-state index contributed by atoms with van der Waals surface area (Å²) in [6.45, 7) is 7.98. The van der Waals surface area contributed by atoms with Gasteiger partial charge in [-0.15, -0.1) is 0 Å². The van der Waals surface area contributed by atoms with Crippen molar-refractivity contribution in [2.45, 2.75) is 20.3 Å². The molecule has 0 saturated carbocycles. The normalized spacial score (nSPS) is 13.7. The smallest absolute Gasteiger partial charge is 0.150 e. The summed E-state index contributed by atoms with van der Waals surface area (Å²) >= 11 is 0. The van der Waals surface area contributed by atoms with Crippen LogP contribution in [0.25, 0.3) is 16.7 Å². The molecule has 1 aromatic carbocycles. The minimum Gasteiger partial charge on any atom is -0.388 e. The van der Waals surface area contributed by atoms with Crippen LogP contribution in [-0.2, 0) is 16.6 Å². The van der Waals surface area contributed by atoms with E-state index in [4.69, 9.17) is 0 Å². The molecule has 2 aromatic rings. The van der Waals surface area contributed by atoms with Crippen molar-refractivity contribution in [1.82, 2.24) is 14.7 Å². The number of aldehydes is 1. The van der Waals surface area contributed by atoms with E-state index in [2.05, 4.69) is 23.3 Å². The van der Waals surface area contributed by atoms with Crippen LogP contribution in [0.2, 0.25) is 0 Å². The molecule has 1 aromatic heterocycles. The quantitative estimate of drug-likeness (QED) is 0.651. The Balaban J connectivity index is 0.00000101. The van der Waals surface area contributed by atoms with Crippen LogP contribution in [0.4, 0.5) is 4.39 Å². The Kier molecular flexibility index (Phi) is 8.07. The van der Waals surface area contributed by atoms with E-state index < -0.39 is 0 Å². The van der Waals surface area contributed by atoms with Crippen LogP contribution in [0.3, 0.4) is 0 Å². The minimum absolute atomic E-state index is 0.284. The monoisotopic (exact) mass is 409 g/mol. The van der Waals surface area contributed by atoms with Gasteiger partial charge in [0.25, 0.3) is 0 Å². The fourth-order valence-corrected chi connectivity index (χ4v) is 3.18. The summed E-state index contributed by atoms with van der Waals surface area (Å²) in [6.07, 6.45) is 10.7. The molecule has 6 heteroatoms. The summed E-state index contributed by atoms with van der Waals surface area (Å²) in [5, 5.41) is 4.39. The number of halogens is 1. The maximum Gasteiger partial charge on any atom is 0.150 e. The molecule has 0 aliphatic carbocycles. The van der Waals surface area contributed by atoms with E-state index in [0.717, 1.165) is 40.7 Å². The number of hydrogen-bond acceptors (Lipinski definition) is 4. The molecule has 30 heavy (non-hydrogen) atoms. The summed E-state index contributed by atoms with van der Waals surface area (Å²) in [7, 11) is 5.10. The van der Waals surface area contributed by atoms with Gasteiger partial charge in [-0.05, 0) is 54.3 Å². The van der Waals surface area contributed by atoms with Gasteiger partial charge in [-0.2, -0.15) is 5.10 Å². The van der Waals surface area contributed by atoms with Gasteiger partial charge in [-0.25, -0.2) is 4.39 Å². The van der Waals surface area contributed by atoms with Crippen LogP contribution in [0.1, 0.15) is 24.6 Å². The van der Waals surface area contributed by atoms with Gasteiger partial charge in [0.15, 0.2) is 0 Å². The van der Waals surface area contributed by atoms with Crippen molar-refractivity contribution in [2.75, 3.05) is 14.2 Å². The van der Waals surface area contributed by atoms with Crippen LogP contribution in [-0.4, -0.2) is 35.2 Å². The number of aryl methyl sites for hydroxylation is 2. The zero-order chi connectivity index (χ0) is 22.3. The van der Waals surface area contributed by atoms with E-state index in [1.54, 1.807) is 49.4 Å². The Hall–Kier alpha value is -3.25. The Morgan fingerprint density at radius 2 is 2.00 bits per heavy atom. The molecule has 158 valence electrons. The van der Waals surface area contributed by atoms with E-state index in [9.17, 15) is 9.18 Å². The van der Waals surface area contributed by atoms with Gasteiger partial charge in [-0.1, -0.05) is 19.6 Å². The van der Waals surface area contributed by atoms with Crippen LogP contribution in [0, 0.1) is 12.7 Å². The van der Waals surface area contributed by atoms with Crippen molar-refractivity contribution in [3.8, 4) is 11.1 Å². The maximum atomic E-state index is 14.0. The van der Waals surface area contributed by atoms with Crippen molar-refractivity contribution >= 4 is 11.9 Å². The van der Waals surface area contributed by atoms with Crippen LogP contribution < -0.4 is 0 Å². The summed E-state index contributed by atoms with van der Waals surface area (Å²) in [5.74, 6) is -0.284. The van der Waals surface area contributed by atoms with Crippen molar-refractivity contribution in [3.63, 3.8) is 0 Å². The highest BCUT2D eigenvalue weighted by molar-refractivity contribution is 5.82. The summed E-state index contributed by atoms with van der Waals surface area (Å²) < 4.78 is 20.0. The number of rotatable bonds is 5. The first-order chi connectivity index (χ1) is 14.3. The first-order valence-electron chi connectivity index (χ1n) is 9.58. The summed E-state index contributed by atoms with van der Waals surface area (Å²) in [5.41, 5.74) is 5.82. The molecule has 0 radical (unpaired) electrons. The Bertz CT molecular complexity index is 1020. The number of methoxy groups -OCH3 is 1. The van der Waals surface area contributed by atoms with Gasteiger partial charge in [0.05, 0.1) is 5.69 Å². The molecule has 1 aliphatic heterocycles. The zero-order valence-corrected chi connectivity index (χ0v) is 18.1. The second-order valence-corrected chi connectivity index (χ2v) is 6.88. The molecule has 0 atom stereocenters. The van der Waals surface area contributed by atoms with Crippen molar-refractivity contribution in [2.24, 2.45) is 7.05 Å². The van der Waals surface area contributed by atoms with Gasteiger partial charge < -0.3 is 9.64 Å². The molecule has 0 saturated heterocycles. The fraction of sp³-hybridized carbons (Fsp3) is 0.250. The Morgan fingerprint density at radius 3 is 2.53 bits per heavy atom. The predicted molar refractivity (Wildman–Crippen MR) is 119 cm³/mol. The Labute approximate surface area is 177 Å². The first-order valence-corrected chi connectivity index (χ1v) is 9.58. The van der Waals surface area contributed by atoms with E-state index in [0.29, 0.717) is 11.3 Å². The molecule has 0 amide bonds. The molecule has 0 bridgehead atoms. The first kappa shape index (κ1) is 23.0. The summed E-state index contributed by atoms with van der Waals surface area (Å²) in [4.78, 5) is 12.8. The van der Waals surface area contributed by atoms with Crippen molar-refractivity contribution in [1.29, 1.82) is 0 Å². The number of allylic oxidation sites excluding steroid dienone is 4. The molecule has 0 unspecified atom stereocenters. The number of carbonyl (C=O) groups excluding carboxylic acids is 1. The van der Waals surface area contributed by atoms with Gasteiger partial charge in [0, 0.05) is 56.7 Å². The number of carbonyl (C=O) groups is 1.